The predicted octanol–water partition coefficient (Wildman–Crippen LogP) is 1.77. The van der Waals surface area contributed by atoms with E-state index in [2.05, 4.69) is 11.9 Å². The van der Waals surface area contributed by atoms with Gasteiger partial charge in [-0.2, -0.15) is 0 Å². The molecule has 0 bridgehead atoms. The van der Waals surface area contributed by atoms with E-state index in [1.54, 1.807) is 24.3 Å². The fraction of sp³-hybridized carbons (Fsp3) is 0.294. The molecule has 0 radical (unpaired) electrons. The molecular formula is C17H17ClN2O6. The smallest absolute Gasteiger partial charge is 0.408 e. The van der Waals surface area contributed by atoms with Crippen molar-refractivity contribution in [1.82, 2.24) is 10.4 Å². The van der Waals surface area contributed by atoms with Crippen LogP contribution in [0.5, 0.6) is 0 Å². The van der Waals surface area contributed by atoms with Gasteiger partial charge in [-0.1, -0.05) is 36.4 Å². The Hall–Kier alpha value is -2.87. The summed E-state index contributed by atoms with van der Waals surface area (Å²) in [7, 11) is 0. The highest BCUT2D eigenvalue weighted by Crippen LogP contribution is 2.16. The van der Waals surface area contributed by atoms with Crippen molar-refractivity contribution in [3.05, 3.63) is 47.5 Å². The van der Waals surface area contributed by atoms with E-state index in [-0.39, 0.29) is 25.9 Å². The van der Waals surface area contributed by atoms with Gasteiger partial charge >= 0.3 is 12.1 Å². The molecular weight excluding hydrogens is 364 g/mol. The largest absolute Gasteiger partial charge is 0.445 e. The van der Waals surface area contributed by atoms with Gasteiger partial charge in [0.05, 0.1) is 0 Å². The number of alkyl carbamates (subject to hydrolysis) is 1. The Bertz CT molecular complexity index is 720. The Morgan fingerprint density at radius 1 is 1.31 bits per heavy atom. The SMILES string of the molecule is C=CCOC(=O)N[C@H](Cc1cccc(Cl)c1)C(=O)ON1C(=O)CCC1=O. The van der Waals surface area contributed by atoms with Crippen molar-refractivity contribution in [3.8, 4) is 0 Å². The minimum absolute atomic E-state index is 0.0266. The number of nitrogens with zero attached hydrogens (tertiary/aromatic N) is 1. The highest BCUT2D eigenvalue weighted by Gasteiger charge is 2.35. The van der Waals surface area contributed by atoms with Gasteiger partial charge in [0, 0.05) is 24.3 Å². The van der Waals surface area contributed by atoms with E-state index >= 15 is 0 Å². The monoisotopic (exact) mass is 380 g/mol. The molecule has 1 atom stereocenters. The fourth-order valence-corrected chi connectivity index (χ4v) is 2.44. The highest BCUT2D eigenvalue weighted by molar-refractivity contribution is 6.30. The summed E-state index contributed by atoms with van der Waals surface area (Å²) in [5, 5.41) is 3.22. The summed E-state index contributed by atoms with van der Waals surface area (Å²) in [5.74, 6) is -2.19. The second-order valence-electron chi connectivity index (χ2n) is 5.41. The fourth-order valence-electron chi connectivity index (χ4n) is 2.22. The Morgan fingerprint density at radius 3 is 2.62 bits per heavy atom. The highest BCUT2D eigenvalue weighted by atomic mass is 35.5. The van der Waals surface area contributed by atoms with Crippen LogP contribution in [0.25, 0.3) is 0 Å². The van der Waals surface area contributed by atoms with Gasteiger partial charge in [-0.3, -0.25) is 9.59 Å². The van der Waals surface area contributed by atoms with E-state index in [1.165, 1.54) is 6.08 Å². The molecule has 0 aromatic heterocycles. The van der Waals surface area contributed by atoms with E-state index in [4.69, 9.17) is 21.2 Å². The number of carbonyl (C=O) groups is 4. The lowest BCUT2D eigenvalue weighted by molar-refractivity contribution is -0.198. The third kappa shape index (κ3) is 5.32. The average molecular weight is 381 g/mol. The number of carbonyl (C=O) groups excluding carboxylic acids is 4. The molecule has 2 rings (SSSR count). The number of ether oxygens (including phenoxy) is 1. The molecule has 8 nitrogen and oxygen atoms in total. The number of imide groups is 1. The van der Waals surface area contributed by atoms with Crippen LogP contribution in [0.1, 0.15) is 18.4 Å². The molecule has 3 amide bonds. The van der Waals surface area contributed by atoms with Crippen molar-refractivity contribution >= 4 is 35.5 Å². The number of benzene rings is 1. The molecule has 0 spiro atoms. The minimum atomic E-state index is -1.19. The van der Waals surface area contributed by atoms with Crippen LogP contribution in [0.3, 0.4) is 0 Å². The minimum Gasteiger partial charge on any atom is -0.445 e. The Balaban J connectivity index is 2.11. The number of hydroxylamine groups is 2. The lowest BCUT2D eigenvalue weighted by Crippen LogP contribution is -2.46. The first-order valence-electron chi connectivity index (χ1n) is 7.77. The maximum atomic E-state index is 12.4. The van der Waals surface area contributed by atoms with Crippen molar-refractivity contribution in [2.24, 2.45) is 0 Å². The second-order valence-corrected chi connectivity index (χ2v) is 5.85. The molecule has 0 aliphatic carbocycles. The normalized spacial score (nSPS) is 14.7. The lowest BCUT2D eigenvalue weighted by atomic mass is 10.1. The maximum absolute atomic E-state index is 12.4. The van der Waals surface area contributed by atoms with Crippen LogP contribution in [-0.4, -0.2) is 41.6 Å². The van der Waals surface area contributed by atoms with Crippen molar-refractivity contribution in [2.45, 2.75) is 25.3 Å². The van der Waals surface area contributed by atoms with E-state index in [9.17, 15) is 19.2 Å². The maximum Gasteiger partial charge on any atom is 0.408 e. The number of amides is 3. The standard InChI is InChI=1S/C17H17ClN2O6/c1-2-8-25-17(24)19-13(10-11-4-3-5-12(18)9-11)16(23)26-20-14(21)6-7-15(20)22/h2-5,9,13H,1,6-8,10H2,(H,19,24)/t13-/m1/s1. The van der Waals surface area contributed by atoms with Crippen LogP contribution < -0.4 is 5.32 Å². The summed E-state index contributed by atoms with van der Waals surface area (Å²) >= 11 is 5.92. The second kappa shape index (κ2) is 9.00. The molecule has 1 aromatic carbocycles. The molecule has 1 fully saturated rings. The summed E-state index contributed by atoms with van der Waals surface area (Å²) in [6.45, 7) is 3.37. The van der Waals surface area contributed by atoms with Gasteiger partial charge in [0.25, 0.3) is 11.8 Å². The molecule has 1 heterocycles. The molecule has 1 aliphatic rings. The number of hydrogen-bond acceptors (Lipinski definition) is 6. The van der Waals surface area contributed by atoms with E-state index in [0.29, 0.717) is 15.6 Å². The number of hydrogen-bond donors (Lipinski definition) is 1. The molecule has 26 heavy (non-hydrogen) atoms. The molecule has 0 unspecified atom stereocenters. The summed E-state index contributed by atoms with van der Waals surface area (Å²) in [6.07, 6.45) is 0.470. The molecule has 138 valence electrons. The van der Waals surface area contributed by atoms with Crippen molar-refractivity contribution in [3.63, 3.8) is 0 Å². The summed E-state index contributed by atoms with van der Waals surface area (Å²) in [4.78, 5) is 52.2. The average Bonchev–Trinajstić information content (AvgIpc) is 2.91. The van der Waals surface area contributed by atoms with Crippen molar-refractivity contribution in [1.29, 1.82) is 0 Å². The molecule has 1 aliphatic heterocycles. The molecule has 0 saturated carbocycles. The van der Waals surface area contributed by atoms with E-state index in [1.807, 2.05) is 0 Å². The zero-order chi connectivity index (χ0) is 19.1. The van der Waals surface area contributed by atoms with Gasteiger partial charge in [-0.25, -0.2) is 9.59 Å². The van der Waals surface area contributed by atoms with Crippen molar-refractivity contribution in [2.75, 3.05) is 6.61 Å². The zero-order valence-corrected chi connectivity index (χ0v) is 14.5. The zero-order valence-electron chi connectivity index (χ0n) is 13.8. The van der Waals surface area contributed by atoms with Crippen LogP contribution in [-0.2, 0) is 30.4 Å². The Kier molecular flexibility index (Phi) is 6.74. The third-order valence-corrected chi connectivity index (χ3v) is 3.66. The van der Waals surface area contributed by atoms with Crippen LogP contribution >= 0.6 is 11.6 Å². The first-order valence-corrected chi connectivity index (χ1v) is 8.14. The number of halogens is 1. The molecule has 1 saturated heterocycles. The van der Waals surface area contributed by atoms with E-state index < -0.39 is 29.9 Å². The van der Waals surface area contributed by atoms with Crippen LogP contribution in [0.4, 0.5) is 4.79 Å². The molecule has 9 heteroatoms. The van der Waals surface area contributed by atoms with E-state index in [0.717, 1.165) is 0 Å². The summed E-state index contributed by atoms with van der Waals surface area (Å²) < 4.78 is 4.80. The summed E-state index contributed by atoms with van der Waals surface area (Å²) in [5.41, 5.74) is 0.641. The van der Waals surface area contributed by atoms with Gasteiger partial charge in [0.1, 0.15) is 12.6 Å². The van der Waals surface area contributed by atoms with Gasteiger partial charge in [0.15, 0.2) is 0 Å². The van der Waals surface area contributed by atoms with Gasteiger partial charge < -0.3 is 14.9 Å². The molecule has 1 aromatic rings. The lowest BCUT2D eigenvalue weighted by Gasteiger charge is -2.20. The Labute approximate surface area is 154 Å². The van der Waals surface area contributed by atoms with Crippen molar-refractivity contribution < 1.29 is 28.8 Å². The first-order chi connectivity index (χ1) is 12.4. The first kappa shape index (κ1) is 19.5. The topological polar surface area (TPSA) is 102 Å². The molecule has 1 N–H and O–H groups in total. The van der Waals surface area contributed by atoms with Gasteiger partial charge in [0.2, 0.25) is 0 Å². The predicted molar refractivity (Wildman–Crippen MR) is 90.8 cm³/mol. The van der Waals surface area contributed by atoms with Gasteiger partial charge in [-0.05, 0) is 17.7 Å². The quantitative estimate of drug-likeness (QED) is 0.571. The third-order valence-electron chi connectivity index (χ3n) is 3.42. The van der Waals surface area contributed by atoms with Crippen LogP contribution in [0.2, 0.25) is 5.02 Å². The number of nitrogens with one attached hydrogen (secondary N) is 1. The number of rotatable bonds is 7. The summed E-state index contributed by atoms with van der Waals surface area (Å²) in [6, 6.07) is 5.47. The van der Waals surface area contributed by atoms with Gasteiger partial charge in [-0.15, -0.1) is 5.06 Å². The van der Waals surface area contributed by atoms with Crippen LogP contribution in [0, 0.1) is 0 Å². The Morgan fingerprint density at radius 2 is 2.00 bits per heavy atom. The van der Waals surface area contributed by atoms with Crippen LogP contribution in [0.15, 0.2) is 36.9 Å².